The number of nitrogen functional groups attached to an aromatic ring is 1. The van der Waals surface area contributed by atoms with Crippen molar-refractivity contribution in [3.63, 3.8) is 0 Å². The zero-order chi connectivity index (χ0) is 11.7. The van der Waals surface area contributed by atoms with E-state index in [9.17, 15) is 9.50 Å². The maximum atomic E-state index is 13.1. The van der Waals surface area contributed by atoms with Gasteiger partial charge in [-0.15, -0.1) is 0 Å². The van der Waals surface area contributed by atoms with E-state index in [-0.39, 0.29) is 11.3 Å². The first kappa shape index (κ1) is 10.2. The van der Waals surface area contributed by atoms with E-state index in [1.165, 1.54) is 12.4 Å². The molecule has 1 aromatic carbocycles. The highest BCUT2D eigenvalue weighted by Gasteiger charge is 2.10. The topological polar surface area (TPSA) is 79.4 Å². The van der Waals surface area contributed by atoms with Crippen LogP contribution in [0.15, 0.2) is 30.6 Å². The molecule has 0 unspecified atom stereocenters. The molecule has 82 valence electrons. The molecule has 0 aliphatic rings. The lowest BCUT2D eigenvalue weighted by Crippen LogP contribution is -1.89. The molecular formula is C11H9FN2O2. The number of pyridine rings is 1. The fourth-order valence-corrected chi connectivity index (χ4v) is 1.39. The van der Waals surface area contributed by atoms with E-state index in [1.54, 1.807) is 6.07 Å². The molecule has 1 aromatic heterocycles. The van der Waals surface area contributed by atoms with Crippen molar-refractivity contribution < 1.29 is 14.6 Å². The van der Waals surface area contributed by atoms with Gasteiger partial charge in [0, 0.05) is 29.6 Å². The fourth-order valence-electron chi connectivity index (χ4n) is 1.39. The van der Waals surface area contributed by atoms with E-state index in [4.69, 9.17) is 10.8 Å². The molecule has 2 rings (SSSR count). The Labute approximate surface area is 90.8 Å². The van der Waals surface area contributed by atoms with Gasteiger partial charge in [0.15, 0.2) is 11.6 Å². The smallest absolute Gasteiger partial charge is 0.165 e. The van der Waals surface area contributed by atoms with Gasteiger partial charge in [0.2, 0.25) is 0 Å². The third-order valence-corrected chi connectivity index (χ3v) is 2.14. The Morgan fingerprint density at radius 2 is 1.81 bits per heavy atom. The second kappa shape index (κ2) is 3.69. The van der Waals surface area contributed by atoms with Gasteiger partial charge in [-0.3, -0.25) is 4.98 Å². The molecule has 0 spiro atoms. The van der Waals surface area contributed by atoms with Crippen LogP contribution in [0.1, 0.15) is 0 Å². The number of halogens is 1. The number of aromatic hydroxyl groups is 2. The van der Waals surface area contributed by atoms with Crippen molar-refractivity contribution >= 4 is 5.69 Å². The maximum Gasteiger partial charge on any atom is 0.165 e. The van der Waals surface area contributed by atoms with Crippen molar-refractivity contribution in [1.29, 1.82) is 0 Å². The van der Waals surface area contributed by atoms with Gasteiger partial charge in [-0.1, -0.05) is 0 Å². The zero-order valence-corrected chi connectivity index (χ0v) is 8.18. The molecule has 0 saturated carbocycles. The second-order valence-corrected chi connectivity index (χ2v) is 3.33. The first-order valence-electron chi connectivity index (χ1n) is 4.50. The molecule has 0 radical (unpaired) electrons. The number of phenolic OH excluding ortho intramolecular Hbond substituents is 2. The van der Waals surface area contributed by atoms with Gasteiger partial charge < -0.3 is 15.9 Å². The summed E-state index contributed by atoms with van der Waals surface area (Å²) in [7, 11) is 0. The average molecular weight is 220 g/mol. The van der Waals surface area contributed by atoms with Gasteiger partial charge in [-0.05, 0) is 12.1 Å². The normalized spacial score (nSPS) is 10.3. The Kier molecular flexibility index (Phi) is 2.36. The van der Waals surface area contributed by atoms with E-state index in [0.29, 0.717) is 11.3 Å². The van der Waals surface area contributed by atoms with Crippen LogP contribution in [0, 0.1) is 5.82 Å². The zero-order valence-electron chi connectivity index (χ0n) is 8.18. The average Bonchev–Trinajstić information content (AvgIpc) is 2.23. The standard InChI is InChI=1S/C11H9FN2O2/c12-9-2-8(10(15)3-11(9)16)6-1-7(13)5-14-4-6/h1-5,15-16H,13H2. The highest BCUT2D eigenvalue weighted by molar-refractivity contribution is 5.72. The minimum atomic E-state index is -0.810. The maximum absolute atomic E-state index is 13.1. The predicted octanol–water partition coefficient (Wildman–Crippen LogP) is 1.88. The van der Waals surface area contributed by atoms with Crippen molar-refractivity contribution in [3.8, 4) is 22.6 Å². The van der Waals surface area contributed by atoms with Crippen LogP contribution in [0.2, 0.25) is 0 Å². The number of rotatable bonds is 1. The Bertz CT molecular complexity index is 544. The minimum Gasteiger partial charge on any atom is -0.507 e. The summed E-state index contributed by atoms with van der Waals surface area (Å²) in [5, 5.41) is 18.6. The van der Waals surface area contributed by atoms with Crippen LogP contribution in [0.25, 0.3) is 11.1 Å². The summed E-state index contributed by atoms with van der Waals surface area (Å²) in [5.74, 6) is -1.64. The Hall–Kier alpha value is -2.30. The van der Waals surface area contributed by atoms with Gasteiger partial charge in [-0.25, -0.2) is 4.39 Å². The van der Waals surface area contributed by atoms with E-state index in [1.807, 2.05) is 0 Å². The first-order valence-corrected chi connectivity index (χ1v) is 4.50. The van der Waals surface area contributed by atoms with Crippen molar-refractivity contribution in [2.75, 3.05) is 5.73 Å². The lowest BCUT2D eigenvalue weighted by Gasteiger charge is -2.06. The Balaban J connectivity index is 2.60. The molecule has 0 atom stereocenters. The molecule has 5 heteroatoms. The molecule has 0 bridgehead atoms. The predicted molar refractivity (Wildman–Crippen MR) is 57.4 cm³/mol. The summed E-state index contributed by atoms with van der Waals surface area (Å²) < 4.78 is 13.1. The number of hydrogen-bond acceptors (Lipinski definition) is 4. The summed E-state index contributed by atoms with van der Waals surface area (Å²) >= 11 is 0. The molecule has 16 heavy (non-hydrogen) atoms. The van der Waals surface area contributed by atoms with Crippen molar-refractivity contribution in [1.82, 2.24) is 4.98 Å². The molecular weight excluding hydrogens is 211 g/mol. The fraction of sp³-hybridized carbons (Fsp3) is 0. The lowest BCUT2D eigenvalue weighted by molar-refractivity contribution is 0.420. The summed E-state index contributed by atoms with van der Waals surface area (Å²) in [6.45, 7) is 0. The van der Waals surface area contributed by atoms with Crippen LogP contribution >= 0.6 is 0 Å². The van der Waals surface area contributed by atoms with E-state index in [2.05, 4.69) is 4.98 Å². The highest BCUT2D eigenvalue weighted by atomic mass is 19.1. The molecule has 1 heterocycles. The molecule has 4 N–H and O–H groups in total. The molecule has 0 aliphatic heterocycles. The van der Waals surface area contributed by atoms with E-state index >= 15 is 0 Å². The number of hydrogen-bond donors (Lipinski definition) is 3. The summed E-state index contributed by atoms with van der Waals surface area (Å²) in [5.41, 5.74) is 6.65. The SMILES string of the molecule is Nc1cncc(-c2cc(F)c(O)cc2O)c1. The number of phenols is 2. The lowest BCUT2D eigenvalue weighted by atomic mass is 10.1. The quantitative estimate of drug-likeness (QED) is 0.685. The largest absolute Gasteiger partial charge is 0.507 e. The number of nitrogens with two attached hydrogens (primary N) is 1. The summed E-state index contributed by atoms with van der Waals surface area (Å²) in [6, 6.07) is 3.52. The number of aromatic nitrogens is 1. The van der Waals surface area contributed by atoms with Crippen molar-refractivity contribution in [2.45, 2.75) is 0 Å². The summed E-state index contributed by atoms with van der Waals surface area (Å²) in [6.07, 6.45) is 2.89. The molecule has 0 saturated heterocycles. The van der Waals surface area contributed by atoms with E-state index < -0.39 is 11.6 Å². The van der Waals surface area contributed by atoms with Crippen LogP contribution < -0.4 is 5.73 Å². The van der Waals surface area contributed by atoms with Crippen molar-refractivity contribution in [2.24, 2.45) is 0 Å². The second-order valence-electron chi connectivity index (χ2n) is 3.33. The Morgan fingerprint density at radius 3 is 2.50 bits per heavy atom. The number of anilines is 1. The van der Waals surface area contributed by atoms with Crippen LogP contribution in [-0.4, -0.2) is 15.2 Å². The number of benzene rings is 1. The van der Waals surface area contributed by atoms with Crippen LogP contribution in [-0.2, 0) is 0 Å². The Morgan fingerprint density at radius 1 is 1.06 bits per heavy atom. The number of nitrogens with zero attached hydrogens (tertiary/aromatic N) is 1. The van der Waals surface area contributed by atoms with Crippen molar-refractivity contribution in [3.05, 3.63) is 36.4 Å². The van der Waals surface area contributed by atoms with Gasteiger partial charge in [0.25, 0.3) is 0 Å². The molecule has 0 aliphatic carbocycles. The van der Waals surface area contributed by atoms with Gasteiger partial charge in [0.1, 0.15) is 5.75 Å². The third kappa shape index (κ3) is 1.75. The van der Waals surface area contributed by atoms with Crippen LogP contribution in [0.4, 0.5) is 10.1 Å². The molecule has 2 aromatic rings. The summed E-state index contributed by atoms with van der Waals surface area (Å²) in [4.78, 5) is 3.83. The molecule has 0 amide bonds. The van der Waals surface area contributed by atoms with Gasteiger partial charge in [0.05, 0.1) is 5.69 Å². The van der Waals surface area contributed by atoms with Crippen LogP contribution in [0.5, 0.6) is 11.5 Å². The first-order chi connectivity index (χ1) is 7.58. The van der Waals surface area contributed by atoms with Gasteiger partial charge >= 0.3 is 0 Å². The van der Waals surface area contributed by atoms with Gasteiger partial charge in [-0.2, -0.15) is 0 Å². The monoisotopic (exact) mass is 220 g/mol. The molecule has 4 nitrogen and oxygen atoms in total. The molecule has 0 fully saturated rings. The third-order valence-electron chi connectivity index (χ3n) is 2.14. The highest BCUT2D eigenvalue weighted by Crippen LogP contribution is 2.34. The van der Waals surface area contributed by atoms with E-state index in [0.717, 1.165) is 12.1 Å². The minimum absolute atomic E-state index is 0.230. The van der Waals surface area contributed by atoms with Crippen LogP contribution in [0.3, 0.4) is 0 Å².